The van der Waals surface area contributed by atoms with E-state index in [1.165, 1.54) is 7.11 Å². The number of rotatable bonds is 3. The van der Waals surface area contributed by atoms with Crippen molar-refractivity contribution in [1.82, 2.24) is 0 Å². The molecular formula is C20H18O3. The van der Waals surface area contributed by atoms with Crippen molar-refractivity contribution in [2.24, 2.45) is 5.92 Å². The van der Waals surface area contributed by atoms with E-state index in [0.29, 0.717) is 5.57 Å². The molecule has 2 atom stereocenters. The van der Waals surface area contributed by atoms with Gasteiger partial charge in [-0.05, 0) is 22.3 Å². The predicted molar refractivity (Wildman–Crippen MR) is 88.9 cm³/mol. The molecule has 0 aliphatic heterocycles. The van der Waals surface area contributed by atoms with Crippen LogP contribution in [-0.2, 0) is 14.3 Å². The second-order valence-electron chi connectivity index (χ2n) is 5.69. The zero-order chi connectivity index (χ0) is 16.4. The van der Waals surface area contributed by atoms with Crippen LogP contribution in [0.2, 0.25) is 0 Å². The third kappa shape index (κ3) is 2.48. The first-order valence-electron chi connectivity index (χ1n) is 7.61. The summed E-state index contributed by atoms with van der Waals surface area (Å²) < 4.78 is 4.97. The van der Waals surface area contributed by atoms with Gasteiger partial charge in [-0.25, -0.2) is 0 Å². The van der Waals surface area contributed by atoms with Crippen molar-refractivity contribution in [3.8, 4) is 0 Å². The van der Waals surface area contributed by atoms with Gasteiger partial charge in [0.1, 0.15) is 6.29 Å². The third-order valence-electron chi connectivity index (χ3n) is 4.49. The number of hydrogen-bond donors (Lipinski definition) is 0. The SMILES string of the molecule is COC(=O)C1c2ccccc2C(c2ccccc2)=C(C=O)C1C. The minimum Gasteiger partial charge on any atom is -0.469 e. The molecule has 2 unspecified atom stereocenters. The quantitative estimate of drug-likeness (QED) is 0.643. The van der Waals surface area contributed by atoms with Crippen LogP contribution in [0.3, 0.4) is 0 Å². The minimum absolute atomic E-state index is 0.231. The Morgan fingerprint density at radius 1 is 1.04 bits per heavy atom. The van der Waals surface area contributed by atoms with Gasteiger partial charge < -0.3 is 4.74 Å². The lowest BCUT2D eigenvalue weighted by molar-refractivity contribution is -0.143. The summed E-state index contributed by atoms with van der Waals surface area (Å²) in [5, 5.41) is 0. The second-order valence-corrected chi connectivity index (χ2v) is 5.69. The van der Waals surface area contributed by atoms with Gasteiger partial charge in [-0.15, -0.1) is 0 Å². The highest BCUT2D eigenvalue weighted by Gasteiger charge is 2.37. The molecule has 0 bridgehead atoms. The van der Waals surface area contributed by atoms with Gasteiger partial charge in [0, 0.05) is 11.5 Å². The highest BCUT2D eigenvalue weighted by molar-refractivity contribution is 6.00. The molecule has 0 amide bonds. The smallest absolute Gasteiger partial charge is 0.313 e. The molecule has 0 fully saturated rings. The van der Waals surface area contributed by atoms with E-state index in [1.807, 2.05) is 61.5 Å². The van der Waals surface area contributed by atoms with E-state index in [1.54, 1.807) is 0 Å². The van der Waals surface area contributed by atoms with Crippen molar-refractivity contribution in [3.63, 3.8) is 0 Å². The highest BCUT2D eigenvalue weighted by atomic mass is 16.5. The maximum atomic E-state index is 12.3. The Bertz CT molecular complexity index is 774. The summed E-state index contributed by atoms with van der Waals surface area (Å²) in [5.74, 6) is -0.995. The van der Waals surface area contributed by atoms with Gasteiger partial charge in [-0.1, -0.05) is 61.5 Å². The first-order valence-corrected chi connectivity index (χ1v) is 7.61. The Labute approximate surface area is 135 Å². The number of carbonyl (C=O) groups is 2. The lowest BCUT2D eigenvalue weighted by atomic mass is 9.71. The molecule has 23 heavy (non-hydrogen) atoms. The number of esters is 1. The number of aldehydes is 1. The van der Waals surface area contributed by atoms with Crippen molar-refractivity contribution in [3.05, 3.63) is 76.9 Å². The van der Waals surface area contributed by atoms with Gasteiger partial charge in [-0.3, -0.25) is 9.59 Å². The van der Waals surface area contributed by atoms with Gasteiger partial charge in [0.25, 0.3) is 0 Å². The summed E-state index contributed by atoms with van der Waals surface area (Å²) in [5.41, 5.74) is 4.37. The fourth-order valence-corrected chi connectivity index (χ4v) is 3.38. The molecular weight excluding hydrogens is 288 g/mol. The Balaban J connectivity index is 2.30. The molecule has 3 nitrogen and oxygen atoms in total. The van der Waals surface area contributed by atoms with Crippen LogP contribution in [0.4, 0.5) is 0 Å². The van der Waals surface area contributed by atoms with Gasteiger partial charge in [0.15, 0.2) is 0 Å². The van der Waals surface area contributed by atoms with Crippen LogP contribution in [0.15, 0.2) is 60.2 Å². The molecule has 3 heteroatoms. The van der Waals surface area contributed by atoms with Crippen LogP contribution in [0.25, 0.3) is 5.57 Å². The molecule has 0 aromatic heterocycles. The third-order valence-corrected chi connectivity index (χ3v) is 4.49. The van der Waals surface area contributed by atoms with Crippen molar-refractivity contribution in [1.29, 1.82) is 0 Å². The Morgan fingerprint density at radius 3 is 2.35 bits per heavy atom. The summed E-state index contributed by atoms with van der Waals surface area (Å²) in [6.45, 7) is 1.91. The lowest BCUT2D eigenvalue weighted by Crippen LogP contribution is -2.28. The normalized spacial score (nSPS) is 19.9. The van der Waals surface area contributed by atoms with Crippen LogP contribution in [0.5, 0.6) is 0 Å². The largest absolute Gasteiger partial charge is 0.469 e. The monoisotopic (exact) mass is 306 g/mol. The zero-order valence-corrected chi connectivity index (χ0v) is 13.2. The summed E-state index contributed by atoms with van der Waals surface area (Å²) in [7, 11) is 1.38. The number of ether oxygens (including phenoxy) is 1. The molecule has 0 spiro atoms. The van der Waals surface area contributed by atoms with Gasteiger partial charge in [0.2, 0.25) is 0 Å². The van der Waals surface area contributed by atoms with Crippen molar-refractivity contribution in [2.45, 2.75) is 12.8 Å². The molecule has 0 saturated heterocycles. The number of methoxy groups -OCH3 is 1. The molecule has 1 aliphatic rings. The molecule has 0 saturated carbocycles. The maximum Gasteiger partial charge on any atom is 0.313 e. The van der Waals surface area contributed by atoms with Crippen molar-refractivity contribution >= 4 is 17.8 Å². The van der Waals surface area contributed by atoms with Gasteiger partial charge in [0.05, 0.1) is 13.0 Å². The van der Waals surface area contributed by atoms with E-state index < -0.39 is 5.92 Å². The lowest BCUT2D eigenvalue weighted by Gasteiger charge is -2.32. The fraction of sp³-hybridized carbons (Fsp3) is 0.200. The first kappa shape index (κ1) is 15.2. The molecule has 0 radical (unpaired) electrons. The Kier molecular flexibility index (Phi) is 4.11. The van der Waals surface area contributed by atoms with Crippen molar-refractivity contribution in [2.75, 3.05) is 7.11 Å². The van der Waals surface area contributed by atoms with E-state index in [4.69, 9.17) is 4.74 Å². The summed E-state index contributed by atoms with van der Waals surface area (Å²) in [6, 6.07) is 17.6. The molecule has 116 valence electrons. The molecule has 2 aromatic rings. The van der Waals surface area contributed by atoms with E-state index in [-0.39, 0.29) is 11.9 Å². The number of fused-ring (bicyclic) bond motifs is 1. The molecule has 0 N–H and O–H groups in total. The van der Waals surface area contributed by atoms with Crippen molar-refractivity contribution < 1.29 is 14.3 Å². The Morgan fingerprint density at radius 2 is 1.70 bits per heavy atom. The maximum absolute atomic E-state index is 12.3. The average Bonchev–Trinajstić information content (AvgIpc) is 2.60. The van der Waals surface area contributed by atoms with Crippen LogP contribution >= 0.6 is 0 Å². The average molecular weight is 306 g/mol. The molecule has 1 aliphatic carbocycles. The van der Waals surface area contributed by atoms with E-state index >= 15 is 0 Å². The highest BCUT2D eigenvalue weighted by Crippen LogP contribution is 2.44. The standard InChI is InChI=1S/C20H18O3/c1-13-17(12-21)19(14-8-4-3-5-9-14)16-11-7-6-10-15(16)18(13)20(22)23-2/h3-13,18H,1-2H3. The summed E-state index contributed by atoms with van der Waals surface area (Å²) >= 11 is 0. The first-order chi connectivity index (χ1) is 11.2. The molecule has 3 rings (SSSR count). The van der Waals surface area contributed by atoms with Crippen LogP contribution < -0.4 is 0 Å². The van der Waals surface area contributed by atoms with Crippen LogP contribution in [-0.4, -0.2) is 19.4 Å². The van der Waals surface area contributed by atoms with Gasteiger partial charge in [-0.2, -0.15) is 0 Å². The number of benzene rings is 2. The van der Waals surface area contributed by atoms with E-state index in [2.05, 4.69) is 0 Å². The summed E-state index contributed by atoms with van der Waals surface area (Å²) in [4.78, 5) is 24.1. The second kappa shape index (κ2) is 6.21. The number of allylic oxidation sites excluding steroid dienone is 1. The zero-order valence-electron chi connectivity index (χ0n) is 13.2. The fourth-order valence-electron chi connectivity index (χ4n) is 3.38. The predicted octanol–water partition coefficient (Wildman–Crippen LogP) is 3.59. The molecule has 0 heterocycles. The summed E-state index contributed by atoms with van der Waals surface area (Å²) in [6.07, 6.45) is 0.874. The van der Waals surface area contributed by atoms with Crippen LogP contribution in [0.1, 0.15) is 29.5 Å². The topological polar surface area (TPSA) is 43.4 Å². The van der Waals surface area contributed by atoms with Crippen LogP contribution in [0, 0.1) is 5.92 Å². The molecule has 2 aromatic carbocycles. The van der Waals surface area contributed by atoms with Gasteiger partial charge >= 0.3 is 5.97 Å². The Hall–Kier alpha value is -2.68. The number of hydrogen-bond acceptors (Lipinski definition) is 3. The minimum atomic E-state index is -0.455. The number of carbonyl (C=O) groups excluding carboxylic acids is 2. The van der Waals surface area contributed by atoms with E-state index in [0.717, 1.165) is 28.5 Å². The van der Waals surface area contributed by atoms with E-state index in [9.17, 15) is 9.59 Å².